The van der Waals surface area contributed by atoms with Crippen molar-refractivity contribution in [1.29, 1.82) is 0 Å². The Morgan fingerprint density at radius 3 is 2.57 bits per heavy atom. The van der Waals surface area contributed by atoms with Crippen LogP contribution in [0.1, 0.15) is 16.2 Å². The summed E-state index contributed by atoms with van der Waals surface area (Å²) in [5.74, 6) is 0.0283. The Kier molecular flexibility index (Phi) is 3.82. The van der Waals surface area contributed by atoms with Gasteiger partial charge in [-0.05, 0) is 42.8 Å². The molecule has 0 bridgehead atoms. The maximum absolute atomic E-state index is 12.3. The Labute approximate surface area is 138 Å². The monoisotopic (exact) mass is 407 g/mol. The molecule has 2 N–H and O–H groups in total. The predicted octanol–water partition coefficient (Wildman–Crippen LogP) is 4.65. The Bertz CT molecular complexity index is 822. The number of aromatic nitrogens is 2. The molecule has 0 unspecified atom stereocenters. The highest BCUT2D eigenvalue weighted by molar-refractivity contribution is 9.11. The molecule has 0 aliphatic heterocycles. The maximum Gasteiger partial charge on any atom is 0.291 e. The van der Waals surface area contributed by atoms with Gasteiger partial charge in [0.1, 0.15) is 0 Å². The number of H-pyrrole nitrogens is 1. The number of hydrogen-bond donors (Lipinski definition) is 2. The summed E-state index contributed by atoms with van der Waals surface area (Å²) in [6.07, 6.45) is 0. The number of amides is 1. The molecule has 0 fully saturated rings. The molecule has 0 aliphatic rings. The number of benzene rings is 2. The molecule has 0 radical (unpaired) electrons. The fourth-order valence-corrected chi connectivity index (χ4v) is 3.33. The average Bonchev–Trinajstić information content (AvgIpc) is 2.80. The highest BCUT2D eigenvalue weighted by Crippen LogP contribution is 2.23. The molecule has 1 amide bonds. The molecule has 1 heterocycles. The highest BCUT2D eigenvalue weighted by Gasteiger charge is 2.12. The number of hydrogen-bond acceptors (Lipinski definition) is 2. The van der Waals surface area contributed by atoms with Gasteiger partial charge < -0.3 is 10.3 Å². The van der Waals surface area contributed by atoms with Gasteiger partial charge in [-0.2, -0.15) is 0 Å². The molecule has 6 heteroatoms. The van der Waals surface area contributed by atoms with Crippen LogP contribution in [-0.4, -0.2) is 15.9 Å². The van der Waals surface area contributed by atoms with Crippen molar-refractivity contribution in [3.8, 4) is 0 Å². The summed E-state index contributed by atoms with van der Waals surface area (Å²) in [6, 6.07) is 11.4. The first kappa shape index (κ1) is 14.3. The molecule has 2 aromatic carbocycles. The second-order valence-corrected chi connectivity index (χ2v) is 6.55. The van der Waals surface area contributed by atoms with Gasteiger partial charge in [0.15, 0.2) is 5.82 Å². The maximum atomic E-state index is 12.3. The van der Waals surface area contributed by atoms with Crippen LogP contribution < -0.4 is 5.32 Å². The fourth-order valence-electron chi connectivity index (χ4n) is 2.04. The summed E-state index contributed by atoms with van der Waals surface area (Å²) in [5, 5.41) is 2.82. The van der Waals surface area contributed by atoms with Gasteiger partial charge in [0, 0.05) is 14.6 Å². The van der Waals surface area contributed by atoms with Crippen LogP contribution in [0.25, 0.3) is 11.0 Å². The summed E-state index contributed by atoms with van der Waals surface area (Å²) in [4.78, 5) is 19.6. The number of nitrogens with one attached hydrogen (secondary N) is 2. The van der Waals surface area contributed by atoms with Crippen LogP contribution in [0.2, 0.25) is 0 Å². The summed E-state index contributed by atoms with van der Waals surface area (Å²) in [5.41, 5.74) is 3.44. The SMILES string of the molecule is Cc1ccc2[nH]c(C(=O)Nc3cc(Br)cc(Br)c3)nc2c1. The third-order valence-corrected chi connectivity index (χ3v) is 3.89. The zero-order chi connectivity index (χ0) is 15.0. The first-order valence-corrected chi connectivity index (χ1v) is 7.84. The van der Waals surface area contributed by atoms with Crippen molar-refractivity contribution in [3.63, 3.8) is 0 Å². The van der Waals surface area contributed by atoms with Gasteiger partial charge in [-0.1, -0.05) is 37.9 Å². The van der Waals surface area contributed by atoms with Crippen LogP contribution in [0.15, 0.2) is 45.3 Å². The van der Waals surface area contributed by atoms with Gasteiger partial charge >= 0.3 is 0 Å². The Balaban J connectivity index is 1.89. The lowest BCUT2D eigenvalue weighted by molar-refractivity contribution is 0.101. The average molecular weight is 409 g/mol. The number of imidazole rings is 1. The van der Waals surface area contributed by atoms with Gasteiger partial charge in [-0.3, -0.25) is 4.79 Å². The van der Waals surface area contributed by atoms with E-state index in [0.29, 0.717) is 11.5 Å². The van der Waals surface area contributed by atoms with Gasteiger partial charge in [0.25, 0.3) is 5.91 Å². The number of carbonyl (C=O) groups is 1. The van der Waals surface area contributed by atoms with E-state index in [2.05, 4.69) is 47.1 Å². The topological polar surface area (TPSA) is 57.8 Å². The predicted molar refractivity (Wildman–Crippen MR) is 90.6 cm³/mol. The molecule has 0 aliphatic carbocycles. The molecule has 3 aromatic rings. The summed E-state index contributed by atoms with van der Waals surface area (Å²) >= 11 is 6.78. The molecular formula is C15H11Br2N3O. The van der Waals surface area contributed by atoms with Crippen molar-refractivity contribution in [2.45, 2.75) is 6.92 Å². The third kappa shape index (κ3) is 3.16. The van der Waals surface area contributed by atoms with Gasteiger partial charge in [0.2, 0.25) is 0 Å². The number of carbonyl (C=O) groups excluding carboxylic acids is 1. The molecule has 4 nitrogen and oxygen atoms in total. The minimum Gasteiger partial charge on any atom is -0.334 e. The van der Waals surface area contributed by atoms with E-state index in [4.69, 9.17) is 0 Å². The summed E-state index contributed by atoms with van der Waals surface area (Å²) in [7, 11) is 0. The van der Waals surface area contributed by atoms with Gasteiger partial charge in [-0.15, -0.1) is 0 Å². The second kappa shape index (κ2) is 5.61. The van der Waals surface area contributed by atoms with Crippen LogP contribution in [0.4, 0.5) is 5.69 Å². The Morgan fingerprint density at radius 2 is 1.86 bits per heavy atom. The number of aromatic amines is 1. The lowest BCUT2D eigenvalue weighted by Gasteiger charge is -2.04. The number of nitrogens with zero attached hydrogens (tertiary/aromatic N) is 1. The van der Waals surface area contributed by atoms with E-state index >= 15 is 0 Å². The second-order valence-electron chi connectivity index (χ2n) is 4.72. The van der Waals surface area contributed by atoms with Crippen LogP contribution in [0.3, 0.4) is 0 Å². The van der Waals surface area contributed by atoms with Crippen molar-refractivity contribution in [2.24, 2.45) is 0 Å². The lowest BCUT2D eigenvalue weighted by atomic mass is 10.2. The van der Waals surface area contributed by atoms with Gasteiger partial charge in [-0.25, -0.2) is 4.98 Å². The van der Waals surface area contributed by atoms with E-state index < -0.39 is 0 Å². The lowest BCUT2D eigenvalue weighted by Crippen LogP contribution is -2.13. The molecule has 0 saturated carbocycles. The zero-order valence-corrected chi connectivity index (χ0v) is 14.2. The van der Waals surface area contributed by atoms with Crippen LogP contribution in [-0.2, 0) is 0 Å². The van der Waals surface area contributed by atoms with Crippen molar-refractivity contribution in [3.05, 3.63) is 56.7 Å². The molecular weight excluding hydrogens is 398 g/mol. The Hall–Kier alpha value is -1.66. The minimum atomic E-state index is -0.270. The van der Waals surface area contributed by atoms with Crippen molar-refractivity contribution < 1.29 is 4.79 Å². The molecule has 106 valence electrons. The summed E-state index contributed by atoms with van der Waals surface area (Å²) < 4.78 is 1.76. The highest BCUT2D eigenvalue weighted by atomic mass is 79.9. The number of rotatable bonds is 2. The molecule has 0 saturated heterocycles. The summed E-state index contributed by atoms with van der Waals surface area (Å²) in [6.45, 7) is 1.99. The van der Waals surface area contributed by atoms with Crippen LogP contribution in [0.5, 0.6) is 0 Å². The molecule has 21 heavy (non-hydrogen) atoms. The molecule has 3 rings (SSSR count). The zero-order valence-electron chi connectivity index (χ0n) is 11.1. The fraction of sp³-hybridized carbons (Fsp3) is 0.0667. The smallest absolute Gasteiger partial charge is 0.291 e. The number of halogens is 2. The van der Waals surface area contributed by atoms with Crippen LogP contribution >= 0.6 is 31.9 Å². The largest absolute Gasteiger partial charge is 0.334 e. The van der Waals surface area contributed by atoms with Crippen molar-refractivity contribution in [1.82, 2.24) is 9.97 Å². The van der Waals surface area contributed by atoms with E-state index in [1.807, 2.05) is 43.3 Å². The van der Waals surface area contributed by atoms with E-state index in [-0.39, 0.29) is 5.91 Å². The molecule has 0 atom stereocenters. The molecule has 1 aromatic heterocycles. The number of fused-ring (bicyclic) bond motifs is 1. The van der Waals surface area contributed by atoms with Crippen molar-refractivity contribution in [2.75, 3.05) is 5.32 Å². The Morgan fingerprint density at radius 1 is 1.14 bits per heavy atom. The first-order chi connectivity index (χ1) is 10.0. The van der Waals surface area contributed by atoms with E-state index in [9.17, 15) is 4.79 Å². The normalized spacial score (nSPS) is 10.8. The first-order valence-electron chi connectivity index (χ1n) is 6.25. The van der Waals surface area contributed by atoms with E-state index in [1.165, 1.54) is 0 Å². The third-order valence-electron chi connectivity index (χ3n) is 2.97. The number of anilines is 1. The quantitative estimate of drug-likeness (QED) is 0.648. The van der Waals surface area contributed by atoms with E-state index in [0.717, 1.165) is 25.5 Å². The number of aryl methyl sites for hydroxylation is 1. The minimum absolute atomic E-state index is 0.270. The van der Waals surface area contributed by atoms with Crippen LogP contribution in [0, 0.1) is 6.92 Å². The van der Waals surface area contributed by atoms with Crippen molar-refractivity contribution >= 4 is 54.5 Å². The molecule has 0 spiro atoms. The van der Waals surface area contributed by atoms with Gasteiger partial charge in [0.05, 0.1) is 11.0 Å². The standard InChI is InChI=1S/C15H11Br2N3O/c1-8-2-3-12-13(4-8)20-14(19-12)15(21)18-11-6-9(16)5-10(17)7-11/h2-7H,1H3,(H,18,21)(H,19,20). The van der Waals surface area contributed by atoms with E-state index in [1.54, 1.807) is 0 Å².